The summed E-state index contributed by atoms with van der Waals surface area (Å²) < 4.78 is 5.45. The zero-order chi connectivity index (χ0) is 14.1. The molecule has 6 heteroatoms. The minimum Gasteiger partial charge on any atom is -0.420 e. The van der Waals surface area contributed by atoms with E-state index < -0.39 is 0 Å². The molecule has 0 aromatic carbocycles. The zero-order valence-corrected chi connectivity index (χ0v) is 10.9. The van der Waals surface area contributed by atoms with E-state index in [1.54, 1.807) is 12.4 Å². The molecule has 6 nitrogen and oxygen atoms in total. The lowest BCUT2D eigenvalue weighted by Crippen LogP contribution is -2.21. The van der Waals surface area contributed by atoms with E-state index in [1.165, 1.54) is 0 Å². The molecule has 0 fully saturated rings. The summed E-state index contributed by atoms with van der Waals surface area (Å²) in [5, 5.41) is 9.36. The van der Waals surface area contributed by atoms with Crippen LogP contribution in [0, 0.1) is 11.3 Å². The van der Waals surface area contributed by atoms with Gasteiger partial charge in [-0.2, -0.15) is 10.2 Å². The minimum atomic E-state index is -0.292. The quantitative estimate of drug-likeness (QED) is 0.860. The molecular formula is C14H13N5O. The Labute approximate surface area is 115 Å². The number of hydrogen-bond donors (Lipinski definition) is 2. The second kappa shape index (κ2) is 4.70. The molecular weight excluding hydrogens is 254 g/mol. The SMILES string of the molecule is CCc1nc2c([nH]1)C(c1ccncc1)C(C#N)=C(N)O2. The first kappa shape index (κ1) is 12.2. The molecule has 20 heavy (non-hydrogen) atoms. The van der Waals surface area contributed by atoms with Crippen LogP contribution in [0.3, 0.4) is 0 Å². The number of nitrogens with one attached hydrogen (secondary N) is 1. The van der Waals surface area contributed by atoms with Crippen LogP contribution in [0.1, 0.15) is 29.9 Å². The standard InChI is InChI=1S/C14H13N5O/c1-2-10-18-12-11(8-3-5-17-6-4-8)9(7-15)13(16)20-14(12)19-10/h3-6,11H,2,16H2,1H3,(H,18,19). The molecule has 0 saturated heterocycles. The van der Waals surface area contributed by atoms with Crippen molar-refractivity contribution < 1.29 is 4.74 Å². The number of allylic oxidation sites excluding steroid dienone is 1. The van der Waals surface area contributed by atoms with E-state index in [4.69, 9.17) is 10.5 Å². The van der Waals surface area contributed by atoms with E-state index >= 15 is 0 Å². The lowest BCUT2D eigenvalue weighted by atomic mass is 9.88. The van der Waals surface area contributed by atoms with Crippen LogP contribution in [0.5, 0.6) is 5.88 Å². The monoisotopic (exact) mass is 267 g/mol. The second-order valence-corrected chi connectivity index (χ2v) is 4.46. The van der Waals surface area contributed by atoms with Crippen molar-refractivity contribution in [3.05, 3.63) is 53.1 Å². The van der Waals surface area contributed by atoms with Gasteiger partial charge in [-0.3, -0.25) is 4.98 Å². The summed E-state index contributed by atoms with van der Waals surface area (Å²) in [6.45, 7) is 1.99. The number of H-pyrrole nitrogens is 1. The number of aromatic amines is 1. The van der Waals surface area contributed by atoms with Crippen molar-refractivity contribution in [1.29, 1.82) is 5.26 Å². The molecule has 2 aromatic rings. The fraction of sp³-hybridized carbons (Fsp3) is 0.214. The second-order valence-electron chi connectivity index (χ2n) is 4.46. The van der Waals surface area contributed by atoms with Gasteiger partial charge in [-0.15, -0.1) is 0 Å². The number of nitriles is 1. The Hall–Kier alpha value is -2.81. The Morgan fingerprint density at radius 2 is 2.20 bits per heavy atom. The van der Waals surface area contributed by atoms with Crippen LogP contribution >= 0.6 is 0 Å². The summed E-state index contributed by atoms with van der Waals surface area (Å²) in [4.78, 5) is 11.6. The number of aromatic nitrogens is 3. The van der Waals surface area contributed by atoms with Gasteiger partial charge in [-0.25, -0.2) is 0 Å². The maximum Gasteiger partial charge on any atom is 0.243 e. The van der Waals surface area contributed by atoms with Crippen molar-refractivity contribution >= 4 is 0 Å². The van der Waals surface area contributed by atoms with E-state index in [0.29, 0.717) is 11.5 Å². The van der Waals surface area contributed by atoms with Crippen molar-refractivity contribution in [2.75, 3.05) is 0 Å². The Kier molecular flexibility index (Phi) is 2.88. The number of ether oxygens (including phenoxy) is 1. The maximum absolute atomic E-state index is 9.36. The smallest absolute Gasteiger partial charge is 0.243 e. The average Bonchev–Trinajstić information content (AvgIpc) is 2.89. The number of pyridine rings is 1. The number of rotatable bonds is 2. The van der Waals surface area contributed by atoms with Gasteiger partial charge in [0.2, 0.25) is 11.8 Å². The van der Waals surface area contributed by atoms with E-state index in [9.17, 15) is 5.26 Å². The van der Waals surface area contributed by atoms with E-state index in [0.717, 1.165) is 23.5 Å². The van der Waals surface area contributed by atoms with Crippen LogP contribution < -0.4 is 10.5 Å². The Bertz CT molecular complexity index is 711. The van der Waals surface area contributed by atoms with Crippen LogP contribution in [-0.4, -0.2) is 15.0 Å². The minimum absolute atomic E-state index is 0.107. The summed E-state index contributed by atoms with van der Waals surface area (Å²) in [7, 11) is 0. The Balaban J connectivity index is 2.19. The van der Waals surface area contributed by atoms with Gasteiger partial charge in [0.25, 0.3) is 0 Å². The molecule has 0 aliphatic carbocycles. The lowest BCUT2D eigenvalue weighted by Gasteiger charge is -2.22. The molecule has 1 aliphatic heterocycles. The van der Waals surface area contributed by atoms with Crippen LogP contribution in [0.25, 0.3) is 0 Å². The largest absolute Gasteiger partial charge is 0.420 e. The van der Waals surface area contributed by atoms with Crippen molar-refractivity contribution in [3.8, 4) is 11.9 Å². The molecule has 3 rings (SSSR count). The molecule has 0 spiro atoms. The van der Waals surface area contributed by atoms with E-state index in [2.05, 4.69) is 21.0 Å². The highest BCUT2D eigenvalue weighted by Crippen LogP contribution is 2.40. The van der Waals surface area contributed by atoms with Gasteiger partial charge in [0.15, 0.2) is 0 Å². The van der Waals surface area contributed by atoms with Crippen LogP contribution in [-0.2, 0) is 6.42 Å². The normalized spacial score (nSPS) is 17.3. The molecule has 100 valence electrons. The third kappa shape index (κ3) is 1.80. The van der Waals surface area contributed by atoms with Gasteiger partial charge in [-0.05, 0) is 17.7 Å². The van der Waals surface area contributed by atoms with E-state index in [-0.39, 0.29) is 11.8 Å². The van der Waals surface area contributed by atoms with Crippen LogP contribution in [0.15, 0.2) is 36.0 Å². The molecule has 1 aliphatic rings. The molecule has 3 N–H and O–H groups in total. The van der Waals surface area contributed by atoms with Crippen molar-refractivity contribution in [2.45, 2.75) is 19.3 Å². The number of fused-ring (bicyclic) bond motifs is 1. The maximum atomic E-state index is 9.36. The van der Waals surface area contributed by atoms with Crippen molar-refractivity contribution in [3.63, 3.8) is 0 Å². The third-order valence-corrected chi connectivity index (χ3v) is 3.29. The van der Waals surface area contributed by atoms with Crippen molar-refractivity contribution in [2.24, 2.45) is 5.73 Å². The average molecular weight is 267 g/mol. The number of hydrogen-bond acceptors (Lipinski definition) is 5. The van der Waals surface area contributed by atoms with E-state index in [1.807, 2.05) is 19.1 Å². The highest BCUT2D eigenvalue weighted by molar-refractivity contribution is 5.51. The molecule has 2 aromatic heterocycles. The van der Waals surface area contributed by atoms with Gasteiger partial charge in [-0.1, -0.05) is 6.92 Å². The first-order valence-corrected chi connectivity index (χ1v) is 6.30. The van der Waals surface area contributed by atoms with Gasteiger partial charge in [0.05, 0.1) is 11.6 Å². The zero-order valence-electron chi connectivity index (χ0n) is 10.9. The van der Waals surface area contributed by atoms with Gasteiger partial charge < -0.3 is 15.5 Å². The summed E-state index contributed by atoms with van der Waals surface area (Å²) in [6.07, 6.45) is 4.13. The number of nitrogens with two attached hydrogens (primary N) is 1. The summed E-state index contributed by atoms with van der Waals surface area (Å²) >= 11 is 0. The van der Waals surface area contributed by atoms with Crippen LogP contribution in [0.4, 0.5) is 0 Å². The predicted octanol–water partition coefficient (Wildman–Crippen LogP) is 1.59. The molecule has 1 unspecified atom stereocenters. The van der Waals surface area contributed by atoms with Gasteiger partial charge >= 0.3 is 0 Å². The third-order valence-electron chi connectivity index (χ3n) is 3.29. The summed E-state index contributed by atoms with van der Waals surface area (Å²) in [5.74, 6) is 1.07. The predicted molar refractivity (Wildman–Crippen MR) is 71.5 cm³/mol. The highest BCUT2D eigenvalue weighted by atomic mass is 16.5. The molecule has 0 saturated carbocycles. The highest BCUT2D eigenvalue weighted by Gasteiger charge is 2.33. The fourth-order valence-corrected chi connectivity index (χ4v) is 2.32. The molecule has 0 radical (unpaired) electrons. The van der Waals surface area contributed by atoms with Crippen molar-refractivity contribution in [1.82, 2.24) is 15.0 Å². The fourth-order valence-electron chi connectivity index (χ4n) is 2.32. The van der Waals surface area contributed by atoms with Crippen LogP contribution in [0.2, 0.25) is 0 Å². The topological polar surface area (TPSA) is 101 Å². The Morgan fingerprint density at radius 3 is 2.85 bits per heavy atom. The summed E-state index contributed by atoms with van der Waals surface area (Å²) in [5.41, 5.74) is 7.92. The van der Waals surface area contributed by atoms with Gasteiger partial charge in [0.1, 0.15) is 17.5 Å². The summed E-state index contributed by atoms with van der Waals surface area (Å²) in [6, 6.07) is 5.85. The number of nitrogens with zero attached hydrogens (tertiary/aromatic N) is 3. The number of imidazole rings is 1. The Morgan fingerprint density at radius 1 is 1.45 bits per heavy atom. The number of aryl methyl sites for hydroxylation is 1. The lowest BCUT2D eigenvalue weighted by molar-refractivity contribution is 0.379. The van der Waals surface area contributed by atoms with Gasteiger partial charge in [0, 0.05) is 18.8 Å². The first-order chi connectivity index (χ1) is 9.74. The molecule has 1 atom stereocenters. The molecule has 0 bridgehead atoms. The first-order valence-electron chi connectivity index (χ1n) is 6.30. The molecule has 0 amide bonds. The molecule has 3 heterocycles.